The van der Waals surface area contributed by atoms with Crippen LogP contribution in [0.4, 0.5) is 0 Å². The van der Waals surface area contributed by atoms with Crippen molar-refractivity contribution in [2.75, 3.05) is 19.1 Å². The average molecular weight is 199 g/mol. The maximum absolute atomic E-state index is 5.99. The van der Waals surface area contributed by atoms with Crippen LogP contribution in [0.25, 0.3) is 0 Å². The smallest absolute Gasteiger partial charge is 0.182 e. The Kier molecular flexibility index (Phi) is 3.44. The van der Waals surface area contributed by atoms with Crippen molar-refractivity contribution in [1.82, 2.24) is 0 Å². The summed E-state index contributed by atoms with van der Waals surface area (Å²) in [5.74, 6) is -0.0765. The Balaban J connectivity index is 2.42. The van der Waals surface area contributed by atoms with Crippen LogP contribution in [0.2, 0.25) is 0 Å². The lowest BCUT2D eigenvalue weighted by Gasteiger charge is -2.26. The molecule has 0 bridgehead atoms. The van der Waals surface area contributed by atoms with E-state index in [9.17, 15) is 0 Å². The second-order valence-corrected chi connectivity index (χ2v) is 3.56. The van der Waals surface area contributed by atoms with E-state index in [4.69, 9.17) is 32.7 Å². The molecule has 0 N–H and O–H groups in total. The van der Waals surface area contributed by atoms with Gasteiger partial charge in [-0.05, 0) is 13.3 Å². The Labute approximate surface area is 76.8 Å². The Bertz CT molecular complexity index is 124. The van der Waals surface area contributed by atoms with Crippen molar-refractivity contribution >= 4 is 23.2 Å². The largest absolute Gasteiger partial charge is 0.346 e. The summed E-state index contributed by atoms with van der Waals surface area (Å²) in [5.41, 5.74) is 0. The molecule has 0 aromatic heterocycles. The van der Waals surface area contributed by atoms with Crippen LogP contribution in [0, 0.1) is 0 Å². The number of rotatable bonds is 3. The molecule has 1 fully saturated rings. The first-order valence-electron chi connectivity index (χ1n) is 3.67. The van der Waals surface area contributed by atoms with Gasteiger partial charge in [0, 0.05) is 5.88 Å². The maximum Gasteiger partial charge on any atom is 0.182 e. The topological polar surface area (TPSA) is 18.5 Å². The highest BCUT2D eigenvalue weighted by atomic mass is 35.5. The molecule has 0 saturated carbocycles. The summed E-state index contributed by atoms with van der Waals surface area (Å²) < 4.78 is 10.7. The van der Waals surface area contributed by atoms with Gasteiger partial charge in [-0.3, -0.25) is 0 Å². The fourth-order valence-electron chi connectivity index (χ4n) is 1.07. The van der Waals surface area contributed by atoms with Crippen molar-refractivity contribution < 1.29 is 9.47 Å². The molecule has 1 atom stereocenters. The van der Waals surface area contributed by atoms with Gasteiger partial charge in [0.05, 0.1) is 18.6 Å². The molecule has 0 aromatic rings. The molecule has 1 unspecified atom stereocenters. The fraction of sp³-hybridized carbons (Fsp3) is 1.00. The number of hydrogen-bond donors (Lipinski definition) is 0. The van der Waals surface area contributed by atoms with Gasteiger partial charge in [0.15, 0.2) is 5.79 Å². The lowest BCUT2D eigenvalue weighted by atomic mass is 10.2. The van der Waals surface area contributed by atoms with E-state index < -0.39 is 5.79 Å². The van der Waals surface area contributed by atoms with Gasteiger partial charge >= 0.3 is 0 Å². The second kappa shape index (κ2) is 3.94. The Morgan fingerprint density at radius 1 is 1.45 bits per heavy atom. The van der Waals surface area contributed by atoms with E-state index in [1.807, 2.05) is 6.92 Å². The van der Waals surface area contributed by atoms with Gasteiger partial charge in [0.25, 0.3) is 0 Å². The third-order valence-electron chi connectivity index (χ3n) is 1.79. The van der Waals surface area contributed by atoms with E-state index in [-0.39, 0.29) is 5.38 Å². The molecular weight excluding hydrogens is 187 g/mol. The van der Waals surface area contributed by atoms with Gasteiger partial charge < -0.3 is 9.47 Å². The van der Waals surface area contributed by atoms with Crippen LogP contribution in [-0.4, -0.2) is 30.3 Å². The van der Waals surface area contributed by atoms with Crippen LogP contribution < -0.4 is 0 Å². The van der Waals surface area contributed by atoms with Crippen molar-refractivity contribution in [3.05, 3.63) is 0 Å². The molecule has 0 amide bonds. The van der Waals surface area contributed by atoms with Crippen LogP contribution in [0.1, 0.15) is 13.3 Å². The van der Waals surface area contributed by atoms with E-state index in [0.29, 0.717) is 25.5 Å². The highest BCUT2D eigenvalue weighted by molar-refractivity contribution is 6.22. The summed E-state index contributed by atoms with van der Waals surface area (Å²) in [5, 5.41) is -0.150. The zero-order valence-corrected chi connectivity index (χ0v) is 7.99. The molecule has 0 aliphatic carbocycles. The highest BCUT2D eigenvalue weighted by Gasteiger charge is 2.38. The number of alkyl halides is 2. The molecule has 4 heteroatoms. The lowest BCUT2D eigenvalue weighted by molar-refractivity contribution is -0.143. The van der Waals surface area contributed by atoms with Crippen molar-refractivity contribution in [1.29, 1.82) is 0 Å². The third-order valence-corrected chi connectivity index (χ3v) is 2.63. The second-order valence-electron chi connectivity index (χ2n) is 2.66. The maximum atomic E-state index is 5.99. The first-order chi connectivity index (χ1) is 5.19. The van der Waals surface area contributed by atoms with Crippen molar-refractivity contribution in [3.8, 4) is 0 Å². The van der Waals surface area contributed by atoms with Gasteiger partial charge in [0.2, 0.25) is 0 Å². The minimum atomic E-state index is -0.615. The summed E-state index contributed by atoms with van der Waals surface area (Å²) in [7, 11) is 0. The first-order valence-corrected chi connectivity index (χ1v) is 4.64. The van der Waals surface area contributed by atoms with Crippen molar-refractivity contribution in [2.24, 2.45) is 0 Å². The Morgan fingerprint density at radius 2 is 2.00 bits per heavy atom. The van der Waals surface area contributed by atoms with Crippen LogP contribution in [0.5, 0.6) is 0 Å². The zero-order valence-electron chi connectivity index (χ0n) is 6.48. The van der Waals surface area contributed by atoms with Gasteiger partial charge in [-0.2, -0.15) is 0 Å². The van der Waals surface area contributed by atoms with E-state index in [1.54, 1.807) is 0 Å². The number of hydrogen-bond acceptors (Lipinski definition) is 2. The van der Waals surface area contributed by atoms with E-state index in [0.717, 1.165) is 0 Å². The van der Waals surface area contributed by atoms with Crippen LogP contribution in [0.3, 0.4) is 0 Å². The van der Waals surface area contributed by atoms with E-state index >= 15 is 0 Å². The Morgan fingerprint density at radius 3 is 2.45 bits per heavy atom. The molecule has 1 aliphatic rings. The van der Waals surface area contributed by atoms with Gasteiger partial charge in [0.1, 0.15) is 0 Å². The molecule has 11 heavy (non-hydrogen) atoms. The van der Waals surface area contributed by atoms with Gasteiger partial charge in [-0.1, -0.05) is 0 Å². The summed E-state index contributed by atoms with van der Waals surface area (Å²) in [4.78, 5) is 0. The summed E-state index contributed by atoms with van der Waals surface area (Å²) >= 11 is 11.5. The molecule has 0 radical (unpaired) electrons. The standard InChI is InChI=1S/C7H12Cl2O2/c1-7(6(9)2-3-8)10-4-5-11-7/h6H,2-5H2,1H3. The zero-order chi connectivity index (χ0) is 8.32. The highest BCUT2D eigenvalue weighted by Crippen LogP contribution is 2.28. The van der Waals surface area contributed by atoms with E-state index in [2.05, 4.69) is 0 Å². The summed E-state index contributed by atoms with van der Waals surface area (Å²) in [6, 6.07) is 0. The minimum Gasteiger partial charge on any atom is -0.346 e. The van der Waals surface area contributed by atoms with Crippen molar-refractivity contribution in [2.45, 2.75) is 24.5 Å². The van der Waals surface area contributed by atoms with Crippen LogP contribution in [-0.2, 0) is 9.47 Å². The average Bonchev–Trinajstić information content (AvgIpc) is 2.38. The normalized spacial score (nSPS) is 25.4. The lowest BCUT2D eigenvalue weighted by Crippen LogP contribution is -2.37. The first kappa shape index (κ1) is 9.59. The minimum absolute atomic E-state index is 0.150. The SMILES string of the molecule is CC1(C(Cl)CCCl)OCCO1. The Hall–Kier alpha value is 0.500. The quantitative estimate of drug-likeness (QED) is 0.647. The molecular formula is C7H12Cl2O2. The summed E-state index contributed by atoms with van der Waals surface area (Å²) in [6.45, 7) is 3.11. The van der Waals surface area contributed by atoms with Crippen LogP contribution in [0.15, 0.2) is 0 Å². The van der Waals surface area contributed by atoms with Crippen LogP contribution >= 0.6 is 23.2 Å². The molecule has 66 valence electrons. The number of ether oxygens (including phenoxy) is 2. The predicted octanol–water partition coefficient (Wildman–Crippen LogP) is 1.99. The number of halogens is 2. The fourth-order valence-corrected chi connectivity index (χ4v) is 1.63. The molecule has 1 aliphatic heterocycles. The van der Waals surface area contributed by atoms with Crippen molar-refractivity contribution in [3.63, 3.8) is 0 Å². The predicted molar refractivity (Wildman–Crippen MR) is 45.3 cm³/mol. The summed E-state index contributed by atoms with van der Waals surface area (Å²) in [6.07, 6.45) is 0.708. The third kappa shape index (κ3) is 2.22. The molecule has 0 spiro atoms. The molecule has 1 rings (SSSR count). The van der Waals surface area contributed by atoms with Gasteiger partial charge in [-0.25, -0.2) is 0 Å². The molecule has 1 heterocycles. The monoisotopic (exact) mass is 198 g/mol. The van der Waals surface area contributed by atoms with E-state index in [1.165, 1.54) is 0 Å². The molecule has 0 aromatic carbocycles. The van der Waals surface area contributed by atoms with Gasteiger partial charge in [-0.15, -0.1) is 23.2 Å². The molecule has 1 saturated heterocycles. The molecule has 2 nitrogen and oxygen atoms in total.